The number of hydrogen-bond acceptors (Lipinski definition) is 5. The van der Waals surface area contributed by atoms with E-state index < -0.39 is 27.8 Å². The van der Waals surface area contributed by atoms with E-state index in [1.807, 2.05) is 0 Å². The summed E-state index contributed by atoms with van der Waals surface area (Å²) in [7, 11) is -1.88. The van der Waals surface area contributed by atoms with Gasteiger partial charge in [-0.1, -0.05) is 0 Å². The van der Waals surface area contributed by atoms with Crippen molar-refractivity contribution in [3.63, 3.8) is 0 Å². The van der Waals surface area contributed by atoms with E-state index in [1.54, 1.807) is 6.92 Å². The van der Waals surface area contributed by atoms with E-state index in [0.717, 1.165) is 6.26 Å². The van der Waals surface area contributed by atoms with Crippen LogP contribution in [0.25, 0.3) is 0 Å². The van der Waals surface area contributed by atoms with E-state index in [2.05, 4.69) is 0 Å². The summed E-state index contributed by atoms with van der Waals surface area (Å²) >= 11 is 0. The second kappa shape index (κ2) is 3.99. The van der Waals surface area contributed by atoms with Crippen molar-refractivity contribution in [2.75, 3.05) is 26.5 Å². The molecule has 1 saturated heterocycles. The summed E-state index contributed by atoms with van der Waals surface area (Å²) in [6.07, 6.45) is 0.527. The highest BCUT2D eigenvalue weighted by Gasteiger charge is 2.50. The number of β-amino-alcohol motifs (C(OH)–C–C–N with tert-alkyl or cyclic N) is 1. The van der Waals surface area contributed by atoms with Crippen LogP contribution in [0.5, 0.6) is 0 Å². The Kier molecular flexibility index (Phi) is 3.42. The molecule has 6 nitrogen and oxygen atoms in total. The average molecular weight is 238 g/mol. The summed E-state index contributed by atoms with van der Waals surface area (Å²) < 4.78 is 28.9. The molecule has 7 heteroatoms. The van der Waals surface area contributed by atoms with Gasteiger partial charge in [-0.15, -0.1) is 0 Å². The number of nitrogens with two attached hydrogens (primary N) is 1. The van der Waals surface area contributed by atoms with Gasteiger partial charge < -0.3 is 15.6 Å². The Hall–Kier alpha value is -0.210. The maximum atomic E-state index is 11.3. The van der Waals surface area contributed by atoms with Crippen LogP contribution in [-0.4, -0.2) is 62.0 Å². The molecule has 0 saturated carbocycles. The van der Waals surface area contributed by atoms with Crippen molar-refractivity contribution < 1.29 is 18.3 Å². The van der Waals surface area contributed by atoms with Crippen molar-refractivity contribution in [1.29, 1.82) is 0 Å². The third kappa shape index (κ3) is 2.31. The van der Waals surface area contributed by atoms with Crippen molar-refractivity contribution in [2.24, 2.45) is 5.73 Å². The van der Waals surface area contributed by atoms with Crippen LogP contribution in [0.1, 0.15) is 6.92 Å². The molecule has 0 amide bonds. The Morgan fingerprint density at radius 1 is 1.67 bits per heavy atom. The van der Waals surface area contributed by atoms with Crippen molar-refractivity contribution >= 4 is 10.0 Å². The third-order valence-corrected chi connectivity index (χ3v) is 4.11. The molecule has 0 unspecified atom stereocenters. The van der Waals surface area contributed by atoms with Crippen LogP contribution in [0.4, 0.5) is 0 Å². The van der Waals surface area contributed by atoms with Crippen LogP contribution >= 0.6 is 0 Å². The van der Waals surface area contributed by atoms with Crippen molar-refractivity contribution in [3.8, 4) is 0 Å². The zero-order chi connectivity index (χ0) is 11.9. The highest BCUT2D eigenvalue weighted by atomic mass is 32.2. The first-order valence-electron chi connectivity index (χ1n) is 4.67. The molecule has 3 N–H and O–H groups in total. The second-order valence-electron chi connectivity index (χ2n) is 4.06. The number of methoxy groups -OCH3 is 1. The summed E-state index contributed by atoms with van der Waals surface area (Å²) in [5.41, 5.74) is 4.34. The molecule has 1 aliphatic rings. The monoisotopic (exact) mass is 238 g/mol. The number of ether oxygens (including phenoxy) is 1. The van der Waals surface area contributed by atoms with E-state index >= 15 is 0 Å². The van der Waals surface area contributed by atoms with Crippen molar-refractivity contribution in [2.45, 2.75) is 24.7 Å². The third-order valence-electron chi connectivity index (χ3n) is 2.90. The molecule has 1 rings (SSSR count). The molecule has 0 aromatic heterocycles. The quantitative estimate of drug-likeness (QED) is 0.615. The van der Waals surface area contributed by atoms with Gasteiger partial charge in [0.25, 0.3) is 0 Å². The van der Waals surface area contributed by atoms with Gasteiger partial charge in [0.05, 0.1) is 6.26 Å². The lowest BCUT2D eigenvalue weighted by Gasteiger charge is -2.31. The van der Waals surface area contributed by atoms with E-state index in [1.165, 1.54) is 11.4 Å². The normalized spacial score (nSPS) is 35.7. The van der Waals surface area contributed by atoms with E-state index in [9.17, 15) is 13.5 Å². The number of hydrogen-bond donors (Lipinski definition) is 2. The van der Waals surface area contributed by atoms with Crippen LogP contribution in [0.2, 0.25) is 0 Å². The molecular weight excluding hydrogens is 220 g/mol. The molecule has 0 aliphatic carbocycles. The summed E-state index contributed by atoms with van der Waals surface area (Å²) in [5, 5.41) is 10.2. The Labute approximate surface area is 90.1 Å². The topological polar surface area (TPSA) is 92.9 Å². The lowest BCUT2D eigenvalue weighted by atomic mass is 9.93. The summed E-state index contributed by atoms with van der Waals surface area (Å²) in [6, 6.07) is -0.547. The number of sulfonamides is 1. The number of nitrogens with zero attached hydrogens (tertiary/aromatic N) is 1. The van der Waals surface area contributed by atoms with Gasteiger partial charge in [0, 0.05) is 26.2 Å². The van der Waals surface area contributed by atoms with Gasteiger partial charge in [-0.05, 0) is 6.92 Å². The smallest absolute Gasteiger partial charge is 0.211 e. The maximum absolute atomic E-state index is 11.3. The Morgan fingerprint density at radius 3 is 2.47 bits per heavy atom. The van der Waals surface area contributed by atoms with Crippen LogP contribution in [0, 0.1) is 0 Å². The molecule has 0 aromatic carbocycles. The molecule has 0 spiro atoms. The van der Waals surface area contributed by atoms with Crippen molar-refractivity contribution in [1.82, 2.24) is 4.31 Å². The number of aliphatic hydroxyl groups is 1. The van der Waals surface area contributed by atoms with Crippen molar-refractivity contribution in [3.05, 3.63) is 0 Å². The van der Waals surface area contributed by atoms with Crippen LogP contribution < -0.4 is 5.73 Å². The first kappa shape index (κ1) is 12.9. The largest absolute Gasteiger partial charge is 0.384 e. The molecule has 1 fully saturated rings. The van der Waals surface area contributed by atoms with Crippen LogP contribution in [0.15, 0.2) is 0 Å². The van der Waals surface area contributed by atoms with E-state index in [0.29, 0.717) is 0 Å². The fourth-order valence-corrected chi connectivity index (χ4v) is 2.61. The zero-order valence-corrected chi connectivity index (χ0v) is 9.99. The second-order valence-corrected chi connectivity index (χ2v) is 6.04. The zero-order valence-electron chi connectivity index (χ0n) is 9.17. The Bertz CT molecular complexity index is 330. The minimum atomic E-state index is -3.31. The molecule has 1 aliphatic heterocycles. The molecular formula is C8H18N2O4S. The van der Waals surface area contributed by atoms with Gasteiger partial charge in [0.15, 0.2) is 0 Å². The van der Waals surface area contributed by atoms with Gasteiger partial charge in [-0.3, -0.25) is 0 Å². The minimum Gasteiger partial charge on any atom is -0.384 e. The molecule has 0 aromatic rings. The van der Waals surface area contributed by atoms with Crippen LogP contribution in [0.3, 0.4) is 0 Å². The predicted octanol–water partition coefficient (Wildman–Crippen LogP) is -1.65. The molecule has 1 heterocycles. The van der Waals surface area contributed by atoms with Crippen LogP contribution in [-0.2, 0) is 14.8 Å². The van der Waals surface area contributed by atoms with Gasteiger partial charge in [0.2, 0.25) is 10.0 Å². The molecule has 90 valence electrons. The SMILES string of the molecule is CO[C@H]1CN(S(C)(=O)=O)C[C@@]1(O)[C@@H](C)N. The molecule has 0 bridgehead atoms. The number of rotatable bonds is 3. The van der Waals surface area contributed by atoms with Gasteiger partial charge >= 0.3 is 0 Å². The van der Waals surface area contributed by atoms with Gasteiger partial charge in [0.1, 0.15) is 11.7 Å². The Morgan fingerprint density at radius 2 is 2.20 bits per heavy atom. The summed E-state index contributed by atoms with van der Waals surface area (Å²) in [6.45, 7) is 1.77. The lowest BCUT2D eigenvalue weighted by molar-refractivity contribution is -0.0722. The summed E-state index contributed by atoms with van der Waals surface area (Å²) in [5.74, 6) is 0. The highest BCUT2D eigenvalue weighted by molar-refractivity contribution is 7.88. The van der Waals surface area contributed by atoms with Gasteiger partial charge in [-0.25, -0.2) is 8.42 Å². The fourth-order valence-electron chi connectivity index (χ4n) is 1.76. The first-order valence-corrected chi connectivity index (χ1v) is 6.52. The predicted molar refractivity (Wildman–Crippen MR) is 55.8 cm³/mol. The first-order chi connectivity index (χ1) is 6.71. The molecule has 15 heavy (non-hydrogen) atoms. The average Bonchev–Trinajstić information content (AvgIpc) is 2.43. The fraction of sp³-hybridized carbons (Fsp3) is 1.00. The standard InChI is InChI=1S/C8H18N2O4S/c1-6(9)8(11)5-10(15(3,12)13)4-7(8)14-2/h6-7,11H,4-5,9H2,1-3H3/t6-,7+,8-/m1/s1. The van der Waals surface area contributed by atoms with E-state index in [-0.39, 0.29) is 13.1 Å². The maximum Gasteiger partial charge on any atom is 0.211 e. The summed E-state index contributed by atoms with van der Waals surface area (Å²) in [4.78, 5) is 0. The molecule has 3 atom stereocenters. The minimum absolute atomic E-state index is 0.0119. The Balaban J connectivity index is 2.94. The molecule has 0 radical (unpaired) electrons. The lowest BCUT2D eigenvalue weighted by Crippen LogP contribution is -2.55. The van der Waals surface area contributed by atoms with Gasteiger partial charge in [-0.2, -0.15) is 4.31 Å². The van der Waals surface area contributed by atoms with E-state index in [4.69, 9.17) is 10.5 Å². The highest BCUT2D eigenvalue weighted by Crippen LogP contribution is 2.28.